The van der Waals surface area contributed by atoms with Gasteiger partial charge in [0.1, 0.15) is 0 Å². The van der Waals surface area contributed by atoms with Crippen LogP contribution in [0.4, 0.5) is 0 Å². The average Bonchev–Trinajstić information content (AvgIpc) is 2.51. The molecule has 3 aromatic carbocycles. The van der Waals surface area contributed by atoms with E-state index in [0.717, 1.165) is 0 Å². The minimum absolute atomic E-state index is 0. The second-order valence-electron chi connectivity index (χ2n) is 4.47. The maximum atomic E-state index is 2.29. The van der Waals surface area contributed by atoms with Crippen LogP contribution in [0.2, 0.25) is 0 Å². The first-order valence-corrected chi connectivity index (χ1v) is 10.8. The topological polar surface area (TPSA) is 0 Å². The van der Waals surface area contributed by atoms with Crippen LogP contribution in [0.15, 0.2) is 91.0 Å². The summed E-state index contributed by atoms with van der Waals surface area (Å²) in [5, 5.41) is 0. The Hall–Kier alpha value is 0.0951. The van der Waals surface area contributed by atoms with Crippen molar-refractivity contribution in [2.45, 2.75) is 0 Å². The van der Waals surface area contributed by atoms with Gasteiger partial charge in [-0.2, -0.15) is 0 Å². The molecule has 0 amide bonds. The van der Waals surface area contributed by atoms with E-state index in [4.69, 9.17) is 0 Å². The van der Waals surface area contributed by atoms with E-state index in [1.54, 1.807) is 0 Å². The van der Waals surface area contributed by atoms with Crippen LogP contribution in [0.1, 0.15) is 0 Å². The fourth-order valence-electron chi connectivity index (χ4n) is 2.31. The molecule has 0 nitrogen and oxygen atoms in total. The standard InChI is InChI=1S/3C6H5.K.Sn/c3*1-2-4-6-5-3-1;;/h3*1-5H;;. The first-order valence-electron chi connectivity index (χ1n) is 6.48. The summed E-state index contributed by atoms with van der Waals surface area (Å²) in [5.41, 5.74) is 0. The Morgan fingerprint density at radius 3 is 0.900 bits per heavy atom. The van der Waals surface area contributed by atoms with Crippen molar-refractivity contribution in [3.05, 3.63) is 91.0 Å². The normalized spacial score (nSPS) is 10.1. The summed E-state index contributed by atoms with van der Waals surface area (Å²) in [6.07, 6.45) is 0. The summed E-state index contributed by atoms with van der Waals surface area (Å²) in [6.45, 7) is 0. The van der Waals surface area contributed by atoms with Crippen LogP contribution in [-0.2, 0) is 0 Å². The molecule has 0 unspecified atom stereocenters. The third kappa shape index (κ3) is 4.06. The molecule has 2 heteroatoms. The number of hydrogen-bond acceptors (Lipinski definition) is 0. The summed E-state index contributed by atoms with van der Waals surface area (Å²) in [4.78, 5) is 0. The molecule has 0 saturated carbocycles. The first kappa shape index (κ1) is 16.5. The molecular formula is C18H15KSn. The van der Waals surface area contributed by atoms with E-state index in [1.165, 1.54) is 10.7 Å². The van der Waals surface area contributed by atoms with Gasteiger partial charge in [0.25, 0.3) is 0 Å². The molecule has 0 aliphatic heterocycles. The second-order valence-corrected chi connectivity index (χ2v) is 11.6. The third-order valence-electron chi connectivity index (χ3n) is 3.19. The van der Waals surface area contributed by atoms with Crippen LogP contribution in [-0.4, -0.2) is 71.1 Å². The molecule has 2 radical (unpaired) electrons. The summed E-state index contributed by atoms with van der Waals surface area (Å²) < 4.78 is 4.59. The van der Waals surface area contributed by atoms with Gasteiger partial charge in [-0.1, -0.05) is 0 Å². The van der Waals surface area contributed by atoms with Crippen molar-refractivity contribution >= 4 is 81.9 Å². The Bertz CT molecular complexity index is 529. The van der Waals surface area contributed by atoms with Gasteiger partial charge < -0.3 is 0 Å². The Kier molecular flexibility index (Phi) is 7.01. The SMILES string of the molecule is [K].c1cc[c]([Sn]([c]2ccccc2)[c]2ccccc2)cc1. The molecule has 0 bridgehead atoms. The van der Waals surface area contributed by atoms with E-state index in [9.17, 15) is 0 Å². The van der Waals surface area contributed by atoms with Crippen LogP contribution >= 0.6 is 0 Å². The van der Waals surface area contributed by atoms with Gasteiger partial charge in [0, 0.05) is 51.4 Å². The van der Waals surface area contributed by atoms with Crippen molar-refractivity contribution in [1.82, 2.24) is 0 Å². The van der Waals surface area contributed by atoms with E-state index < -0.39 is 19.8 Å². The fourth-order valence-corrected chi connectivity index (χ4v) is 9.67. The van der Waals surface area contributed by atoms with E-state index in [1.807, 2.05) is 0 Å². The third-order valence-corrected chi connectivity index (χ3v) is 11.0. The molecule has 0 fully saturated rings. The molecule has 3 aromatic rings. The molecule has 0 spiro atoms. The molecule has 0 aromatic heterocycles. The van der Waals surface area contributed by atoms with Gasteiger partial charge in [-0.05, 0) is 0 Å². The molecule has 20 heavy (non-hydrogen) atoms. The zero-order chi connectivity index (χ0) is 12.9. The van der Waals surface area contributed by atoms with Gasteiger partial charge in [0.15, 0.2) is 0 Å². The van der Waals surface area contributed by atoms with Crippen molar-refractivity contribution in [2.24, 2.45) is 0 Å². The number of benzene rings is 3. The summed E-state index contributed by atoms with van der Waals surface area (Å²) >= 11 is -1.98. The summed E-state index contributed by atoms with van der Waals surface area (Å²) in [7, 11) is 0. The van der Waals surface area contributed by atoms with E-state index >= 15 is 0 Å². The van der Waals surface area contributed by atoms with Crippen molar-refractivity contribution in [3.8, 4) is 0 Å². The first-order chi connectivity index (χ1) is 9.45. The molecule has 0 N–H and O–H groups in total. The van der Waals surface area contributed by atoms with E-state index in [-0.39, 0.29) is 51.4 Å². The Morgan fingerprint density at radius 1 is 0.400 bits per heavy atom. The van der Waals surface area contributed by atoms with Crippen LogP contribution in [0.25, 0.3) is 0 Å². The average molecular weight is 389 g/mol. The quantitative estimate of drug-likeness (QED) is 0.600. The molecule has 0 aliphatic carbocycles. The summed E-state index contributed by atoms with van der Waals surface area (Å²) in [5.74, 6) is 0. The van der Waals surface area contributed by atoms with E-state index in [2.05, 4.69) is 91.0 Å². The minimum atomic E-state index is -1.98. The van der Waals surface area contributed by atoms with Crippen LogP contribution in [0.5, 0.6) is 0 Å². The molecule has 3 rings (SSSR count). The fraction of sp³-hybridized carbons (Fsp3) is 0. The van der Waals surface area contributed by atoms with Gasteiger partial charge >= 0.3 is 121 Å². The molecular weight excluding hydrogens is 374 g/mol. The molecule has 0 saturated heterocycles. The second kappa shape index (κ2) is 8.52. The van der Waals surface area contributed by atoms with Crippen molar-refractivity contribution in [2.75, 3.05) is 0 Å². The van der Waals surface area contributed by atoms with Crippen molar-refractivity contribution in [1.29, 1.82) is 0 Å². The zero-order valence-corrected chi connectivity index (χ0v) is 17.6. The summed E-state index contributed by atoms with van der Waals surface area (Å²) in [6, 6.07) is 32.9. The van der Waals surface area contributed by atoms with Gasteiger partial charge in [0.2, 0.25) is 0 Å². The molecule has 0 heterocycles. The van der Waals surface area contributed by atoms with Gasteiger partial charge in [-0.25, -0.2) is 0 Å². The Balaban J connectivity index is 0.00000147. The van der Waals surface area contributed by atoms with Gasteiger partial charge in [0.05, 0.1) is 0 Å². The van der Waals surface area contributed by atoms with Crippen molar-refractivity contribution < 1.29 is 0 Å². The van der Waals surface area contributed by atoms with Crippen molar-refractivity contribution in [3.63, 3.8) is 0 Å². The predicted octanol–water partition coefficient (Wildman–Crippen LogP) is 1.82. The van der Waals surface area contributed by atoms with Crippen LogP contribution in [0, 0.1) is 0 Å². The Labute approximate surface area is 170 Å². The maximum absolute atomic E-state index is 2.29. The van der Waals surface area contributed by atoms with Gasteiger partial charge in [-0.3, -0.25) is 0 Å². The number of rotatable bonds is 3. The molecule has 0 atom stereocenters. The Morgan fingerprint density at radius 2 is 0.650 bits per heavy atom. The van der Waals surface area contributed by atoms with Crippen LogP contribution < -0.4 is 10.7 Å². The molecule has 0 aliphatic rings. The monoisotopic (exact) mass is 390 g/mol. The number of hydrogen-bond donors (Lipinski definition) is 0. The zero-order valence-electron chi connectivity index (χ0n) is 11.7. The predicted molar refractivity (Wildman–Crippen MR) is 89.7 cm³/mol. The van der Waals surface area contributed by atoms with Gasteiger partial charge in [-0.15, -0.1) is 0 Å². The van der Waals surface area contributed by atoms with E-state index in [0.29, 0.717) is 0 Å². The molecule has 92 valence electrons. The van der Waals surface area contributed by atoms with Crippen LogP contribution in [0.3, 0.4) is 0 Å².